The zero-order chi connectivity index (χ0) is 13.8. The van der Waals surface area contributed by atoms with Crippen LogP contribution in [-0.4, -0.2) is 52.3 Å². The van der Waals surface area contributed by atoms with E-state index >= 15 is 0 Å². The minimum atomic E-state index is -0.763. The first-order valence-electron chi connectivity index (χ1n) is 7.02. The average Bonchev–Trinajstić information content (AvgIpc) is 2.41. The van der Waals surface area contributed by atoms with Gasteiger partial charge in [-0.2, -0.15) is 0 Å². The van der Waals surface area contributed by atoms with Gasteiger partial charge in [0.1, 0.15) is 0 Å². The fourth-order valence-corrected chi connectivity index (χ4v) is 2.82. The molecular formula is C13H22N2O4. The molecule has 1 saturated heterocycles. The summed E-state index contributed by atoms with van der Waals surface area (Å²) in [7, 11) is 0. The summed E-state index contributed by atoms with van der Waals surface area (Å²) in [5, 5.41) is 21.3. The lowest BCUT2D eigenvalue weighted by atomic mass is 9.93. The topological polar surface area (TPSA) is 89.9 Å². The van der Waals surface area contributed by atoms with Gasteiger partial charge in [-0.1, -0.05) is 0 Å². The zero-order valence-corrected chi connectivity index (χ0v) is 11.0. The minimum absolute atomic E-state index is 0.0924. The number of aliphatic hydroxyl groups excluding tert-OH is 1. The van der Waals surface area contributed by atoms with E-state index in [-0.39, 0.29) is 24.1 Å². The summed E-state index contributed by atoms with van der Waals surface area (Å²) in [6, 6.07) is 0.0540. The van der Waals surface area contributed by atoms with Crippen LogP contribution in [0.15, 0.2) is 0 Å². The van der Waals surface area contributed by atoms with Crippen LogP contribution in [0.3, 0.4) is 0 Å². The Morgan fingerprint density at radius 3 is 2.11 bits per heavy atom. The number of urea groups is 1. The number of carbonyl (C=O) groups is 2. The number of aliphatic carboxylic acids is 1. The number of carboxylic acid groups (broad SMARTS) is 1. The molecule has 2 fully saturated rings. The molecule has 0 unspecified atom stereocenters. The zero-order valence-electron chi connectivity index (χ0n) is 11.0. The van der Waals surface area contributed by atoms with E-state index in [1.807, 2.05) is 0 Å². The van der Waals surface area contributed by atoms with Gasteiger partial charge in [0.15, 0.2) is 0 Å². The standard InChI is InChI=1S/C13H22N2O4/c16-11-3-1-10(2-4-11)14-13(19)15-7-5-9(6-8-15)12(17)18/h9-11,16H,1-8H2,(H,14,19)(H,17,18). The van der Waals surface area contributed by atoms with Gasteiger partial charge in [0.05, 0.1) is 12.0 Å². The normalized spacial score (nSPS) is 29.0. The van der Waals surface area contributed by atoms with E-state index in [1.165, 1.54) is 0 Å². The summed E-state index contributed by atoms with van der Waals surface area (Å²) in [6.07, 6.45) is 3.97. The van der Waals surface area contributed by atoms with Crippen LogP contribution in [0, 0.1) is 5.92 Å². The molecule has 108 valence electrons. The third-order valence-electron chi connectivity index (χ3n) is 4.16. The van der Waals surface area contributed by atoms with Gasteiger partial charge in [-0.25, -0.2) is 4.79 Å². The SMILES string of the molecule is O=C(O)C1CCN(C(=O)NC2CCC(O)CC2)CC1. The van der Waals surface area contributed by atoms with Gasteiger partial charge in [-0.15, -0.1) is 0 Å². The van der Waals surface area contributed by atoms with Gasteiger partial charge in [0, 0.05) is 19.1 Å². The highest BCUT2D eigenvalue weighted by molar-refractivity contribution is 5.75. The molecule has 19 heavy (non-hydrogen) atoms. The molecule has 0 bridgehead atoms. The summed E-state index contributed by atoms with van der Waals surface area (Å²) >= 11 is 0. The van der Waals surface area contributed by atoms with Crippen LogP contribution in [0.4, 0.5) is 4.79 Å². The van der Waals surface area contributed by atoms with E-state index in [2.05, 4.69) is 5.32 Å². The molecule has 1 aliphatic carbocycles. The second-order valence-corrected chi connectivity index (χ2v) is 5.55. The Hall–Kier alpha value is -1.30. The first kappa shape index (κ1) is 14.1. The van der Waals surface area contributed by atoms with Crippen molar-refractivity contribution in [2.24, 2.45) is 5.92 Å². The number of amides is 2. The van der Waals surface area contributed by atoms with Gasteiger partial charge in [0.25, 0.3) is 0 Å². The molecule has 0 aromatic heterocycles. The van der Waals surface area contributed by atoms with Crippen LogP contribution < -0.4 is 5.32 Å². The maximum atomic E-state index is 12.0. The van der Waals surface area contributed by atoms with Gasteiger partial charge in [-0.05, 0) is 38.5 Å². The summed E-state index contributed by atoms with van der Waals surface area (Å²) in [5.41, 5.74) is 0. The molecule has 0 atom stereocenters. The Morgan fingerprint density at radius 2 is 1.58 bits per heavy atom. The minimum Gasteiger partial charge on any atom is -0.481 e. The largest absolute Gasteiger partial charge is 0.481 e. The predicted octanol–water partition coefficient (Wildman–Crippen LogP) is 0.796. The molecule has 0 radical (unpaired) electrons. The number of hydrogen-bond acceptors (Lipinski definition) is 3. The monoisotopic (exact) mass is 270 g/mol. The summed E-state index contributed by atoms with van der Waals surface area (Å²) in [4.78, 5) is 24.6. The van der Waals surface area contributed by atoms with Gasteiger partial charge < -0.3 is 20.4 Å². The quantitative estimate of drug-likeness (QED) is 0.692. The molecule has 2 aliphatic rings. The van der Waals surface area contributed by atoms with Gasteiger partial charge in [0.2, 0.25) is 0 Å². The number of nitrogens with zero attached hydrogens (tertiary/aromatic N) is 1. The van der Waals surface area contributed by atoms with Crippen molar-refractivity contribution < 1.29 is 19.8 Å². The number of aliphatic hydroxyl groups is 1. The summed E-state index contributed by atoms with van der Waals surface area (Å²) in [6.45, 7) is 1.02. The molecular weight excluding hydrogens is 248 g/mol. The van der Waals surface area contributed by atoms with Crippen molar-refractivity contribution >= 4 is 12.0 Å². The summed E-state index contributed by atoms with van der Waals surface area (Å²) < 4.78 is 0. The average molecular weight is 270 g/mol. The first-order valence-corrected chi connectivity index (χ1v) is 7.02. The van der Waals surface area contributed by atoms with E-state index in [9.17, 15) is 14.7 Å². The maximum Gasteiger partial charge on any atom is 0.317 e. The van der Waals surface area contributed by atoms with E-state index in [4.69, 9.17) is 5.11 Å². The molecule has 1 aliphatic heterocycles. The third kappa shape index (κ3) is 3.83. The number of likely N-dealkylation sites (tertiary alicyclic amines) is 1. The molecule has 3 N–H and O–H groups in total. The lowest BCUT2D eigenvalue weighted by Crippen LogP contribution is -2.49. The van der Waals surface area contributed by atoms with Crippen LogP contribution in [0.2, 0.25) is 0 Å². The molecule has 0 aromatic carbocycles. The van der Waals surface area contributed by atoms with Crippen LogP contribution in [0.1, 0.15) is 38.5 Å². The molecule has 2 rings (SSSR count). The van der Waals surface area contributed by atoms with E-state index in [0.29, 0.717) is 25.9 Å². The van der Waals surface area contributed by atoms with E-state index in [1.54, 1.807) is 4.90 Å². The summed E-state index contributed by atoms with van der Waals surface area (Å²) in [5.74, 6) is -1.07. The number of rotatable bonds is 2. The van der Waals surface area contributed by atoms with Crippen molar-refractivity contribution in [1.82, 2.24) is 10.2 Å². The Bertz CT molecular complexity index is 332. The second-order valence-electron chi connectivity index (χ2n) is 5.55. The number of hydrogen-bond donors (Lipinski definition) is 3. The smallest absolute Gasteiger partial charge is 0.317 e. The lowest BCUT2D eigenvalue weighted by Gasteiger charge is -2.33. The third-order valence-corrected chi connectivity index (χ3v) is 4.16. The first-order chi connectivity index (χ1) is 9.06. The molecule has 0 spiro atoms. The number of piperidine rings is 1. The van der Waals surface area contributed by atoms with Crippen LogP contribution in [0.25, 0.3) is 0 Å². The number of carbonyl (C=O) groups excluding carboxylic acids is 1. The van der Waals surface area contributed by atoms with Crippen LogP contribution in [0.5, 0.6) is 0 Å². The highest BCUT2D eigenvalue weighted by atomic mass is 16.4. The fraction of sp³-hybridized carbons (Fsp3) is 0.846. The van der Waals surface area contributed by atoms with Crippen molar-refractivity contribution in [3.63, 3.8) is 0 Å². The van der Waals surface area contributed by atoms with Gasteiger partial charge >= 0.3 is 12.0 Å². The number of nitrogens with one attached hydrogen (secondary N) is 1. The number of carboxylic acids is 1. The lowest BCUT2D eigenvalue weighted by molar-refractivity contribution is -0.143. The molecule has 6 heteroatoms. The molecule has 0 aromatic rings. The highest BCUT2D eigenvalue weighted by Crippen LogP contribution is 2.20. The molecule has 6 nitrogen and oxygen atoms in total. The van der Waals surface area contributed by atoms with Crippen molar-refractivity contribution in [2.45, 2.75) is 50.7 Å². The Kier molecular flexibility index (Phi) is 4.63. The van der Waals surface area contributed by atoms with E-state index in [0.717, 1.165) is 25.7 Å². The molecule has 2 amide bonds. The highest BCUT2D eigenvalue weighted by Gasteiger charge is 2.28. The predicted molar refractivity (Wildman–Crippen MR) is 68.7 cm³/mol. The van der Waals surface area contributed by atoms with E-state index < -0.39 is 5.97 Å². The van der Waals surface area contributed by atoms with Crippen LogP contribution >= 0.6 is 0 Å². The molecule has 1 saturated carbocycles. The van der Waals surface area contributed by atoms with Crippen LogP contribution in [-0.2, 0) is 4.79 Å². The van der Waals surface area contributed by atoms with Crippen molar-refractivity contribution in [1.29, 1.82) is 0 Å². The Labute approximate surface area is 112 Å². The Balaban J connectivity index is 1.74. The Morgan fingerprint density at radius 1 is 1.00 bits per heavy atom. The van der Waals surface area contributed by atoms with Crippen molar-refractivity contribution in [3.8, 4) is 0 Å². The molecule has 1 heterocycles. The van der Waals surface area contributed by atoms with Crippen molar-refractivity contribution in [2.75, 3.05) is 13.1 Å². The van der Waals surface area contributed by atoms with Gasteiger partial charge in [-0.3, -0.25) is 4.79 Å². The maximum absolute atomic E-state index is 12.0. The van der Waals surface area contributed by atoms with Crippen molar-refractivity contribution in [3.05, 3.63) is 0 Å². The fourth-order valence-electron chi connectivity index (χ4n) is 2.82. The second kappa shape index (κ2) is 6.23.